The molecular weight excluding hydrogens is 591 g/mol. The molecule has 47 heavy (non-hydrogen) atoms. The minimum Gasteiger partial charge on any atom is -0.336 e. The number of benzene rings is 1. The molecule has 2 N–H and O–H groups in total. The molecule has 4 aromatic rings. The summed E-state index contributed by atoms with van der Waals surface area (Å²) in [6.45, 7) is 12.9. The summed E-state index contributed by atoms with van der Waals surface area (Å²) in [5, 5.41) is 6.71. The van der Waals surface area contributed by atoms with Crippen molar-refractivity contribution in [3.05, 3.63) is 60.4 Å². The van der Waals surface area contributed by atoms with Crippen molar-refractivity contribution in [3.63, 3.8) is 0 Å². The first kappa shape index (κ1) is 30.4. The highest BCUT2D eigenvalue weighted by Crippen LogP contribution is 2.51. The molecule has 1 aromatic carbocycles. The molecular formula is C37H45FN8O. The molecule has 0 radical (unpaired) electrons. The van der Waals surface area contributed by atoms with Crippen LogP contribution in [-0.2, 0) is 10.2 Å². The molecule has 3 aliphatic heterocycles. The summed E-state index contributed by atoms with van der Waals surface area (Å²) in [4.78, 5) is 33.1. The number of nitrogens with zero attached hydrogens (tertiary/aromatic N) is 6. The normalized spacial score (nSPS) is 23.8. The largest absolute Gasteiger partial charge is 0.336 e. The number of anilines is 3. The maximum absolute atomic E-state index is 14.8. The van der Waals surface area contributed by atoms with E-state index in [1.54, 1.807) is 12.3 Å². The zero-order chi connectivity index (χ0) is 32.5. The van der Waals surface area contributed by atoms with Crippen LogP contribution in [0.4, 0.5) is 21.6 Å². The van der Waals surface area contributed by atoms with Gasteiger partial charge in [0.1, 0.15) is 5.52 Å². The van der Waals surface area contributed by atoms with E-state index in [9.17, 15) is 9.18 Å². The Morgan fingerprint density at radius 3 is 2.62 bits per heavy atom. The Balaban J connectivity index is 1.18. The van der Waals surface area contributed by atoms with Gasteiger partial charge in [0.05, 0.1) is 34.8 Å². The van der Waals surface area contributed by atoms with E-state index in [1.807, 2.05) is 17.0 Å². The number of rotatable bonds is 6. The number of fused-ring (bicyclic) bond motifs is 3. The highest BCUT2D eigenvalue weighted by molar-refractivity contribution is 6.09. The molecule has 1 amide bonds. The van der Waals surface area contributed by atoms with Gasteiger partial charge in [-0.2, -0.15) is 0 Å². The molecule has 4 aliphatic rings. The second kappa shape index (κ2) is 11.4. The number of halogens is 1. The minimum absolute atomic E-state index is 0.138. The zero-order valence-electron chi connectivity index (χ0n) is 27.9. The average Bonchev–Trinajstić information content (AvgIpc) is 3.56. The summed E-state index contributed by atoms with van der Waals surface area (Å²) in [5.41, 5.74) is 5.59. The number of imidazole rings is 1. The molecule has 1 saturated carbocycles. The Morgan fingerprint density at radius 1 is 1.06 bits per heavy atom. The van der Waals surface area contributed by atoms with Crippen molar-refractivity contribution in [2.45, 2.75) is 89.8 Å². The number of hydrogen-bond acceptors (Lipinski definition) is 7. The number of nitrogens with one attached hydrogen (secondary N) is 2. The van der Waals surface area contributed by atoms with E-state index in [1.165, 1.54) is 19.0 Å². The summed E-state index contributed by atoms with van der Waals surface area (Å²) in [6, 6.07) is 10.9. The Kier molecular flexibility index (Phi) is 7.37. The van der Waals surface area contributed by atoms with Gasteiger partial charge >= 0.3 is 0 Å². The van der Waals surface area contributed by atoms with Crippen LogP contribution in [0.3, 0.4) is 0 Å². The summed E-state index contributed by atoms with van der Waals surface area (Å²) >= 11 is 0. The molecule has 0 bridgehead atoms. The van der Waals surface area contributed by atoms with Gasteiger partial charge < -0.3 is 20.1 Å². The molecule has 10 heteroatoms. The van der Waals surface area contributed by atoms with Gasteiger partial charge in [0.15, 0.2) is 11.6 Å². The molecule has 1 aliphatic carbocycles. The maximum Gasteiger partial charge on any atom is 0.238 e. The third-order valence-corrected chi connectivity index (χ3v) is 11.2. The van der Waals surface area contributed by atoms with Gasteiger partial charge in [0, 0.05) is 42.1 Å². The van der Waals surface area contributed by atoms with E-state index in [-0.39, 0.29) is 18.0 Å². The highest BCUT2D eigenvalue weighted by Gasteiger charge is 2.55. The lowest BCUT2D eigenvalue weighted by atomic mass is 9.73. The van der Waals surface area contributed by atoms with Crippen LogP contribution in [0.5, 0.6) is 0 Å². The molecule has 9 nitrogen and oxygen atoms in total. The van der Waals surface area contributed by atoms with Gasteiger partial charge in [-0.15, -0.1) is 0 Å². The summed E-state index contributed by atoms with van der Waals surface area (Å²) < 4.78 is 16.8. The lowest BCUT2D eigenvalue weighted by Gasteiger charge is -2.50. The van der Waals surface area contributed by atoms with Crippen molar-refractivity contribution in [2.75, 3.05) is 36.4 Å². The quantitative estimate of drug-likeness (QED) is 0.247. The smallest absolute Gasteiger partial charge is 0.238 e. The fraction of sp³-hybridized carbons (Fsp3) is 0.514. The van der Waals surface area contributed by atoms with Crippen molar-refractivity contribution in [2.24, 2.45) is 5.41 Å². The van der Waals surface area contributed by atoms with Crippen molar-refractivity contribution in [1.29, 1.82) is 0 Å². The van der Waals surface area contributed by atoms with E-state index in [4.69, 9.17) is 9.97 Å². The monoisotopic (exact) mass is 636 g/mol. The van der Waals surface area contributed by atoms with E-state index in [0.717, 1.165) is 85.4 Å². The molecule has 2 saturated heterocycles. The standard InChI is InChI=1S/C37H45FN8O/c1-23(2)45-22-41-31-19-30(43-34(33(31)45)42-29-8-12-40-20-28(29)38)24-6-7-27-32(16-24)46(35(47)37(27)10-13-39-14-11-37)26-17-25(18-26)44-15-5-9-36(3,4)21-44/h6-8,12,16,19-20,22-23,25-26,39H,5,9-11,13-15,17-18,21H2,1-4H3,(H,40,42,43). The van der Waals surface area contributed by atoms with Crippen LogP contribution in [0.1, 0.15) is 77.8 Å². The van der Waals surface area contributed by atoms with Crippen molar-refractivity contribution in [1.82, 2.24) is 29.7 Å². The molecule has 3 fully saturated rings. The van der Waals surface area contributed by atoms with E-state index >= 15 is 0 Å². The Bertz CT molecular complexity index is 1840. The van der Waals surface area contributed by atoms with Crippen molar-refractivity contribution in [3.8, 4) is 11.3 Å². The number of hydrogen-bond donors (Lipinski definition) is 2. The first-order chi connectivity index (χ1) is 22.6. The summed E-state index contributed by atoms with van der Waals surface area (Å²) in [7, 11) is 0. The number of amides is 1. The highest BCUT2D eigenvalue weighted by atomic mass is 19.1. The fourth-order valence-electron chi connectivity index (χ4n) is 8.59. The topological polar surface area (TPSA) is 91.2 Å². The Hall–Kier alpha value is -3.89. The van der Waals surface area contributed by atoms with Crippen LogP contribution in [0.2, 0.25) is 0 Å². The average molecular weight is 637 g/mol. The number of piperidine rings is 2. The van der Waals surface area contributed by atoms with Gasteiger partial charge in [-0.05, 0) is 101 Å². The number of pyridine rings is 2. The molecule has 0 unspecified atom stereocenters. The predicted octanol–water partition coefficient (Wildman–Crippen LogP) is 6.58. The third-order valence-electron chi connectivity index (χ3n) is 11.2. The van der Waals surface area contributed by atoms with E-state index < -0.39 is 11.2 Å². The Labute approximate surface area is 276 Å². The van der Waals surface area contributed by atoms with Crippen LogP contribution >= 0.6 is 0 Å². The lowest BCUT2D eigenvalue weighted by Crippen LogP contribution is -2.59. The molecule has 1 spiro atoms. The number of carbonyl (C=O) groups is 1. The summed E-state index contributed by atoms with van der Waals surface area (Å²) in [5.74, 6) is 0.348. The zero-order valence-corrected chi connectivity index (χ0v) is 27.9. The molecule has 246 valence electrons. The summed E-state index contributed by atoms with van der Waals surface area (Å²) in [6.07, 6.45) is 10.8. The first-order valence-electron chi connectivity index (χ1n) is 17.3. The molecule has 0 atom stereocenters. The first-order valence-corrected chi connectivity index (χ1v) is 17.3. The predicted molar refractivity (Wildman–Crippen MR) is 183 cm³/mol. The number of carbonyl (C=O) groups excluding carboxylic acids is 1. The molecule has 3 aromatic heterocycles. The van der Waals surface area contributed by atoms with Crippen LogP contribution < -0.4 is 15.5 Å². The SMILES string of the molecule is CC(C)n1cnc2cc(-c3ccc4c(c3)N(C3CC(N5CCCC(C)(C)C5)C3)C(=O)C43CCNCC3)nc(Nc3ccncc3F)c21. The van der Waals surface area contributed by atoms with Gasteiger partial charge in [-0.25, -0.2) is 14.4 Å². The Morgan fingerprint density at radius 2 is 1.87 bits per heavy atom. The molecule has 8 rings (SSSR count). The number of aromatic nitrogens is 4. The fourth-order valence-corrected chi connectivity index (χ4v) is 8.59. The van der Waals surface area contributed by atoms with Crippen LogP contribution in [0, 0.1) is 11.2 Å². The third kappa shape index (κ3) is 5.11. The molecule has 6 heterocycles. The number of likely N-dealkylation sites (tertiary alicyclic amines) is 1. The van der Waals surface area contributed by atoms with Crippen molar-refractivity contribution < 1.29 is 9.18 Å². The van der Waals surface area contributed by atoms with Gasteiger partial charge in [-0.1, -0.05) is 26.0 Å². The van der Waals surface area contributed by atoms with Gasteiger partial charge in [-0.3, -0.25) is 14.7 Å². The van der Waals surface area contributed by atoms with E-state index in [0.29, 0.717) is 23.0 Å². The maximum atomic E-state index is 14.8. The van der Waals surface area contributed by atoms with Crippen LogP contribution in [-0.4, -0.2) is 68.6 Å². The van der Waals surface area contributed by atoms with E-state index in [2.05, 4.69) is 71.3 Å². The minimum atomic E-state index is -0.476. The van der Waals surface area contributed by atoms with Gasteiger partial charge in [0.2, 0.25) is 5.91 Å². The lowest BCUT2D eigenvalue weighted by molar-refractivity contribution is -0.125. The second-order valence-corrected chi connectivity index (χ2v) is 15.2. The van der Waals surface area contributed by atoms with Crippen molar-refractivity contribution >= 4 is 34.1 Å². The van der Waals surface area contributed by atoms with Crippen LogP contribution in [0.15, 0.2) is 49.1 Å². The van der Waals surface area contributed by atoms with Crippen LogP contribution in [0.25, 0.3) is 22.3 Å². The second-order valence-electron chi connectivity index (χ2n) is 15.2. The van der Waals surface area contributed by atoms with Gasteiger partial charge in [0.25, 0.3) is 0 Å².